The van der Waals surface area contributed by atoms with Crippen LogP contribution in [0.4, 0.5) is 5.69 Å². The Bertz CT molecular complexity index is 1420. The highest BCUT2D eigenvalue weighted by atomic mass is 16.5. The number of amides is 1. The highest BCUT2D eigenvalue weighted by Gasteiger charge is 2.47. The standard InChI is InChI=1S/C31H33NO6/c1-7-37-24-13-12-22(17-26(24)38-8-2)32-28(21-11-9-10-18(3)14-21)27(30(34)31(32)35)29(33)23-15-20(5)25(36-6)16-19(23)4/h9-17,28,33H,7-8H2,1-6H3/b29-27+. The van der Waals surface area contributed by atoms with E-state index in [0.29, 0.717) is 47.3 Å². The summed E-state index contributed by atoms with van der Waals surface area (Å²) < 4.78 is 16.9. The summed E-state index contributed by atoms with van der Waals surface area (Å²) in [6.45, 7) is 10.2. The average molecular weight is 516 g/mol. The quantitative estimate of drug-likeness (QED) is 0.224. The Labute approximate surface area is 223 Å². The van der Waals surface area contributed by atoms with Crippen molar-refractivity contribution in [1.82, 2.24) is 0 Å². The second-order valence-corrected chi connectivity index (χ2v) is 9.22. The van der Waals surface area contributed by atoms with E-state index >= 15 is 0 Å². The molecule has 7 heteroatoms. The molecule has 1 N–H and O–H groups in total. The number of methoxy groups -OCH3 is 1. The number of hydrogen-bond acceptors (Lipinski definition) is 6. The fourth-order valence-corrected chi connectivity index (χ4v) is 4.85. The molecular weight excluding hydrogens is 482 g/mol. The maximum absolute atomic E-state index is 13.6. The third-order valence-electron chi connectivity index (χ3n) is 6.60. The van der Waals surface area contributed by atoms with Crippen LogP contribution in [0.25, 0.3) is 5.76 Å². The Kier molecular flexibility index (Phi) is 7.76. The molecule has 1 aliphatic heterocycles. The molecule has 1 unspecified atom stereocenters. The van der Waals surface area contributed by atoms with E-state index in [2.05, 4.69) is 0 Å². The zero-order valence-corrected chi connectivity index (χ0v) is 22.6. The predicted molar refractivity (Wildman–Crippen MR) is 147 cm³/mol. The fraction of sp³-hybridized carbons (Fsp3) is 0.290. The van der Waals surface area contributed by atoms with Gasteiger partial charge in [-0.05, 0) is 75.6 Å². The topological polar surface area (TPSA) is 85.3 Å². The van der Waals surface area contributed by atoms with E-state index in [1.807, 2.05) is 65.0 Å². The number of aryl methyl sites for hydroxylation is 3. The van der Waals surface area contributed by atoms with Crippen molar-refractivity contribution in [2.45, 2.75) is 40.7 Å². The van der Waals surface area contributed by atoms with Gasteiger partial charge in [0.05, 0.1) is 31.9 Å². The lowest BCUT2D eigenvalue weighted by Crippen LogP contribution is -2.29. The van der Waals surface area contributed by atoms with Gasteiger partial charge in [-0.2, -0.15) is 0 Å². The van der Waals surface area contributed by atoms with E-state index in [9.17, 15) is 14.7 Å². The van der Waals surface area contributed by atoms with Crippen molar-refractivity contribution in [2.24, 2.45) is 0 Å². The predicted octanol–water partition coefficient (Wildman–Crippen LogP) is 6.04. The molecule has 1 atom stereocenters. The molecule has 38 heavy (non-hydrogen) atoms. The second-order valence-electron chi connectivity index (χ2n) is 9.22. The maximum Gasteiger partial charge on any atom is 0.300 e. The number of rotatable bonds is 8. The third kappa shape index (κ3) is 4.84. The molecule has 1 amide bonds. The highest BCUT2D eigenvalue weighted by molar-refractivity contribution is 6.51. The van der Waals surface area contributed by atoms with E-state index < -0.39 is 17.7 Å². The first-order valence-corrected chi connectivity index (χ1v) is 12.6. The summed E-state index contributed by atoms with van der Waals surface area (Å²) in [5.74, 6) is -0.0186. The van der Waals surface area contributed by atoms with Gasteiger partial charge in [0.15, 0.2) is 11.5 Å². The molecule has 1 fully saturated rings. The van der Waals surface area contributed by atoms with Crippen molar-refractivity contribution in [3.8, 4) is 17.2 Å². The smallest absolute Gasteiger partial charge is 0.300 e. The van der Waals surface area contributed by atoms with Gasteiger partial charge in [-0.1, -0.05) is 29.8 Å². The molecular formula is C31H33NO6. The molecule has 0 bridgehead atoms. The Balaban J connectivity index is 1.96. The van der Waals surface area contributed by atoms with Crippen LogP contribution in [-0.2, 0) is 9.59 Å². The summed E-state index contributed by atoms with van der Waals surface area (Å²) in [6, 6.07) is 15.5. The number of nitrogens with zero attached hydrogens (tertiary/aromatic N) is 1. The highest BCUT2D eigenvalue weighted by Crippen LogP contribution is 2.45. The van der Waals surface area contributed by atoms with Gasteiger partial charge >= 0.3 is 0 Å². The Morgan fingerprint density at radius 2 is 1.58 bits per heavy atom. The van der Waals surface area contributed by atoms with Gasteiger partial charge in [0.1, 0.15) is 11.5 Å². The molecule has 7 nitrogen and oxygen atoms in total. The van der Waals surface area contributed by atoms with E-state index in [1.165, 1.54) is 4.90 Å². The van der Waals surface area contributed by atoms with Gasteiger partial charge in [-0.15, -0.1) is 0 Å². The van der Waals surface area contributed by atoms with Crippen molar-refractivity contribution in [1.29, 1.82) is 0 Å². The van der Waals surface area contributed by atoms with Crippen LogP contribution in [0, 0.1) is 20.8 Å². The van der Waals surface area contributed by atoms with E-state index in [4.69, 9.17) is 14.2 Å². The van der Waals surface area contributed by atoms with Crippen molar-refractivity contribution in [3.05, 3.63) is 88.0 Å². The van der Waals surface area contributed by atoms with Crippen LogP contribution in [0.3, 0.4) is 0 Å². The molecule has 0 radical (unpaired) electrons. The summed E-state index contributed by atoms with van der Waals surface area (Å²) in [5.41, 5.74) is 4.16. The molecule has 3 aromatic carbocycles. The van der Waals surface area contributed by atoms with Crippen LogP contribution in [0.5, 0.6) is 17.2 Å². The Morgan fingerprint density at radius 1 is 0.868 bits per heavy atom. The number of anilines is 1. The van der Waals surface area contributed by atoms with Crippen LogP contribution in [0.1, 0.15) is 47.7 Å². The van der Waals surface area contributed by atoms with Crippen LogP contribution >= 0.6 is 0 Å². The summed E-state index contributed by atoms with van der Waals surface area (Å²) in [5, 5.41) is 11.6. The summed E-state index contributed by atoms with van der Waals surface area (Å²) in [7, 11) is 1.58. The molecule has 0 spiro atoms. The molecule has 0 aromatic heterocycles. The lowest BCUT2D eigenvalue weighted by molar-refractivity contribution is -0.132. The largest absolute Gasteiger partial charge is 0.507 e. The van der Waals surface area contributed by atoms with Gasteiger partial charge in [-0.25, -0.2) is 0 Å². The lowest BCUT2D eigenvalue weighted by Gasteiger charge is -2.26. The fourth-order valence-electron chi connectivity index (χ4n) is 4.85. The third-order valence-corrected chi connectivity index (χ3v) is 6.60. The number of aliphatic hydroxyl groups is 1. The first-order valence-electron chi connectivity index (χ1n) is 12.6. The number of ether oxygens (including phenoxy) is 3. The molecule has 0 saturated carbocycles. The molecule has 4 rings (SSSR count). The number of hydrogen-bond donors (Lipinski definition) is 1. The first-order chi connectivity index (χ1) is 18.2. The van der Waals surface area contributed by atoms with Gasteiger partial charge in [0, 0.05) is 17.3 Å². The molecule has 0 aliphatic carbocycles. The normalized spacial score (nSPS) is 16.6. The van der Waals surface area contributed by atoms with Gasteiger partial charge in [-0.3, -0.25) is 14.5 Å². The van der Waals surface area contributed by atoms with Crippen molar-refractivity contribution >= 4 is 23.1 Å². The minimum Gasteiger partial charge on any atom is -0.507 e. The molecule has 198 valence electrons. The summed E-state index contributed by atoms with van der Waals surface area (Å²) in [6.07, 6.45) is 0. The number of carbonyl (C=O) groups is 2. The van der Waals surface area contributed by atoms with Crippen molar-refractivity contribution in [3.63, 3.8) is 0 Å². The minimum atomic E-state index is -0.843. The molecule has 3 aromatic rings. The summed E-state index contributed by atoms with van der Waals surface area (Å²) >= 11 is 0. The maximum atomic E-state index is 13.6. The Hall–Kier alpha value is -4.26. The number of ketones is 1. The monoisotopic (exact) mass is 515 g/mol. The van der Waals surface area contributed by atoms with E-state index in [0.717, 1.165) is 16.7 Å². The lowest BCUT2D eigenvalue weighted by atomic mass is 9.92. The Morgan fingerprint density at radius 3 is 2.24 bits per heavy atom. The van der Waals surface area contributed by atoms with Gasteiger partial charge < -0.3 is 19.3 Å². The molecule has 1 saturated heterocycles. The van der Waals surface area contributed by atoms with E-state index in [1.54, 1.807) is 31.4 Å². The molecule has 1 heterocycles. The van der Waals surface area contributed by atoms with Crippen LogP contribution in [-0.4, -0.2) is 37.1 Å². The minimum absolute atomic E-state index is 0.0279. The first kappa shape index (κ1) is 26.8. The number of Topliss-reactive ketones (excluding diaryl/α,β-unsaturated/α-hetero) is 1. The van der Waals surface area contributed by atoms with Gasteiger partial charge in [0.2, 0.25) is 0 Å². The zero-order chi connectivity index (χ0) is 27.6. The van der Waals surface area contributed by atoms with Crippen molar-refractivity contribution < 1.29 is 28.9 Å². The van der Waals surface area contributed by atoms with Gasteiger partial charge in [0.25, 0.3) is 11.7 Å². The van der Waals surface area contributed by atoms with E-state index in [-0.39, 0.29) is 11.3 Å². The van der Waals surface area contributed by atoms with Crippen LogP contribution in [0.15, 0.2) is 60.2 Å². The number of benzene rings is 3. The van der Waals surface area contributed by atoms with Crippen LogP contribution in [0.2, 0.25) is 0 Å². The second kappa shape index (κ2) is 11.0. The molecule has 1 aliphatic rings. The average Bonchev–Trinajstić information content (AvgIpc) is 3.16. The van der Waals surface area contributed by atoms with Crippen LogP contribution < -0.4 is 19.1 Å². The number of aliphatic hydroxyl groups excluding tert-OH is 1. The summed E-state index contributed by atoms with van der Waals surface area (Å²) in [4.78, 5) is 28.6. The number of carbonyl (C=O) groups excluding carboxylic acids is 2. The zero-order valence-electron chi connectivity index (χ0n) is 22.6. The SMILES string of the molecule is CCOc1ccc(N2C(=O)C(=O)/C(=C(/O)c3cc(C)c(OC)cc3C)C2c2cccc(C)c2)cc1OCC. The van der Waals surface area contributed by atoms with Crippen molar-refractivity contribution in [2.75, 3.05) is 25.2 Å².